The van der Waals surface area contributed by atoms with Gasteiger partial charge in [-0.3, -0.25) is 4.84 Å². The summed E-state index contributed by atoms with van der Waals surface area (Å²) in [5.74, 6) is 0. The average Bonchev–Trinajstić information content (AvgIpc) is 2.74. The molecule has 0 aliphatic rings. The Morgan fingerprint density at radius 2 is 1.57 bits per heavy atom. The molecule has 2 heteroatoms. The van der Waals surface area contributed by atoms with Gasteiger partial charge in [-0.05, 0) is 30.4 Å². The molecular formula is C26H35NO. The zero-order valence-electron chi connectivity index (χ0n) is 17.5. The van der Waals surface area contributed by atoms with Gasteiger partial charge in [0.1, 0.15) is 6.10 Å². The fourth-order valence-electron chi connectivity index (χ4n) is 3.42. The van der Waals surface area contributed by atoms with Crippen molar-refractivity contribution in [2.24, 2.45) is 0 Å². The third kappa shape index (κ3) is 7.46. The first-order chi connectivity index (χ1) is 13.8. The third-order valence-corrected chi connectivity index (χ3v) is 4.84. The highest BCUT2D eigenvalue weighted by Gasteiger charge is 2.21. The molecule has 28 heavy (non-hydrogen) atoms. The van der Waals surface area contributed by atoms with E-state index >= 15 is 0 Å². The Balaban J connectivity index is 2.11. The minimum absolute atomic E-state index is 0.0867. The van der Waals surface area contributed by atoms with Crippen molar-refractivity contribution in [2.45, 2.75) is 58.1 Å². The Bertz CT molecular complexity index is 680. The van der Waals surface area contributed by atoms with Gasteiger partial charge in [0, 0.05) is 12.6 Å². The summed E-state index contributed by atoms with van der Waals surface area (Å²) in [5, 5.41) is 2.15. The van der Waals surface area contributed by atoms with Gasteiger partial charge >= 0.3 is 0 Å². The van der Waals surface area contributed by atoms with Gasteiger partial charge in [0.25, 0.3) is 0 Å². The van der Waals surface area contributed by atoms with E-state index in [1.807, 2.05) is 12.1 Å². The van der Waals surface area contributed by atoms with Crippen LogP contribution in [-0.2, 0) is 4.84 Å². The van der Waals surface area contributed by atoms with Gasteiger partial charge in [-0.2, -0.15) is 5.06 Å². The molecule has 0 spiro atoms. The summed E-state index contributed by atoms with van der Waals surface area (Å²) in [6.45, 7) is 9.14. The molecule has 0 saturated heterocycles. The van der Waals surface area contributed by atoms with Crippen molar-refractivity contribution >= 4 is 6.08 Å². The first kappa shape index (κ1) is 22.1. The normalized spacial score (nSPS) is 13.7. The smallest absolute Gasteiger partial charge is 0.104 e. The van der Waals surface area contributed by atoms with Crippen molar-refractivity contribution in [3.05, 3.63) is 90.5 Å². The number of benzene rings is 2. The van der Waals surface area contributed by atoms with Crippen LogP contribution in [0, 0.1) is 0 Å². The molecule has 0 aliphatic heterocycles. The van der Waals surface area contributed by atoms with Crippen molar-refractivity contribution in [2.75, 3.05) is 6.54 Å². The highest BCUT2D eigenvalue weighted by Crippen LogP contribution is 2.26. The van der Waals surface area contributed by atoms with Gasteiger partial charge in [-0.1, -0.05) is 106 Å². The lowest BCUT2D eigenvalue weighted by molar-refractivity contribution is -0.220. The SMILES string of the molecule is C=CCN(OC(CCC)c1ccccc1)C(C/C=C\c1ccccc1)CCC. The molecule has 0 fully saturated rings. The maximum atomic E-state index is 6.56. The van der Waals surface area contributed by atoms with Crippen LogP contribution in [0.3, 0.4) is 0 Å². The Morgan fingerprint density at radius 1 is 0.929 bits per heavy atom. The summed E-state index contributed by atoms with van der Waals surface area (Å²) in [6, 6.07) is 21.4. The quantitative estimate of drug-likeness (QED) is 0.270. The average molecular weight is 378 g/mol. The summed E-state index contributed by atoms with van der Waals surface area (Å²) in [7, 11) is 0. The summed E-state index contributed by atoms with van der Waals surface area (Å²) in [6.07, 6.45) is 11.8. The van der Waals surface area contributed by atoms with Gasteiger partial charge in [0.15, 0.2) is 0 Å². The topological polar surface area (TPSA) is 12.5 Å². The predicted octanol–water partition coefficient (Wildman–Crippen LogP) is 7.22. The molecule has 0 radical (unpaired) electrons. The Kier molecular flexibility index (Phi) is 10.3. The van der Waals surface area contributed by atoms with E-state index in [9.17, 15) is 0 Å². The van der Waals surface area contributed by atoms with E-state index in [0.717, 1.165) is 38.6 Å². The maximum Gasteiger partial charge on any atom is 0.104 e. The monoisotopic (exact) mass is 377 g/mol. The molecule has 0 amide bonds. The Morgan fingerprint density at radius 3 is 2.18 bits per heavy atom. The molecule has 0 heterocycles. The minimum atomic E-state index is 0.0867. The largest absolute Gasteiger partial charge is 0.290 e. The van der Waals surface area contributed by atoms with Crippen LogP contribution in [0.15, 0.2) is 79.4 Å². The first-order valence-corrected chi connectivity index (χ1v) is 10.6. The Hall–Kier alpha value is -2.16. The molecule has 2 aromatic rings. The molecule has 0 aliphatic carbocycles. The van der Waals surface area contributed by atoms with Crippen LogP contribution in [0.2, 0.25) is 0 Å². The zero-order valence-corrected chi connectivity index (χ0v) is 17.5. The molecule has 0 aromatic heterocycles. The van der Waals surface area contributed by atoms with E-state index in [1.165, 1.54) is 11.1 Å². The second-order valence-corrected chi connectivity index (χ2v) is 7.17. The minimum Gasteiger partial charge on any atom is -0.290 e. The van der Waals surface area contributed by atoms with Crippen LogP contribution >= 0.6 is 0 Å². The molecule has 0 saturated carbocycles. The molecule has 2 aromatic carbocycles. The van der Waals surface area contributed by atoms with E-state index in [0.29, 0.717) is 6.04 Å². The van der Waals surface area contributed by atoms with Crippen molar-refractivity contribution in [3.63, 3.8) is 0 Å². The summed E-state index contributed by atoms with van der Waals surface area (Å²) in [4.78, 5) is 6.56. The second-order valence-electron chi connectivity index (χ2n) is 7.17. The highest BCUT2D eigenvalue weighted by atomic mass is 16.7. The molecule has 150 valence electrons. The van der Waals surface area contributed by atoms with Crippen LogP contribution in [0.1, 0.15) is 63.2 Å². The standard InChI is InChI=1S/C26H35NO/c1-4-14-25(21-13-18-23-16-9-7-10-17-23)27(22-6-3)28-26(15-5-2)24-19-11-8-12-20-24/h6-13,16-20,25-26H,3-5,14-15,21-22H2,1-2H3/b18-13-. The van der Waals surface area contributed by atoms with Gasteiger partial charge in [0.05, 0.1) is 0 Å². The predicted molar refractivity (Wildman–Crippen MR) is 121 cm³/mol. The Labute approximate surface area is 171 Å². The molecule has 2 unspecified atom stereocenters. The van der Waals surface area contributed by atoms with E-state index in [2.05, 4.69) is 92.2 Å². The lowest BCUT2D eigenvalue weighted by Gasteiger charge is -2.33. The second kappa shape index (κ2) is 13.1. The lowest BCUT2D eigenvalue weighted by atomic mass is 10.0. The van der Waals surface area contributed by atoms with Crippen LogP contribution < -0.4 is 0 Å². The summed E-state index contributed by atoms with van der Waals surface area (Å²) >= 11 is 0. The number of rotatable bonds is 13. The lowest BCUT2D eigenvalue weighted by Crippen LogP contribution is -2.36. The molecule has 2 rings (SSSR count). The number of nitrogens with zero attached hydrogens (tertiary/aromatic N) is 1. The van der Waals surface area contributed by atoms with Crippen LogP contribution in [0.4, 0.5) is 0 Å². The van der Waals surface area contributed by atoms with Crippen molar-refractivity contribution in [3.8, 4) is 0 Å². The van der Waals surface area contributed by atoms with Gasteiger partial charge in [0.2, 0.25) is 0 Å². The van der Waals surface area contributed by atoms with Gasteiger partial charge in [-0.25, -0.2) is 0 Å². The maximum absolute atomic E-state index is 6.56. The zero-order chi connectivity index (χ0) is 20.0. The third-order valence-electron chi connectivity index (χ3n) is 4.84. The van der Waals surface area contributed by atoms with Crippen molar-refractivity contribution in [1.82, 2.24) is 5.06 Å². The van der Waals surface area contributed by atoms with Gasteiger partial charge in [-0.15, -0.1) is 6.58 Å². The van der Waals surface area contributed by atoms with E-state index < -0.39 is 0 Å². The number of hydroxylamine groups is 2. The highest BCUT2D eigenvalue weighted by molar-refractivity contribution is 5.48. The summed E-state index contributed by atoms with van der Waals surface area (Å²) < 4.78 is 0. The summed E-state index contributed by atoms with van der Waals surface area (Å²) in [5.41, 5.74) is 2.48. The fraction of sp³-hybridized carbons (Fsp3) is 0.385. The fourth-order valence-corrected chi connectivity index (χ4v) is 3.42. The van der Waals surface area contributed by atoms with Crippen LogP contribution in [0.25, 0.3) is 6.08 Å². The first-order valence-electron chi connectivity index (χ1n) is 10.6. The van der Waals surface area contributed by atoms with Crippen molar-refractivity contribution in [1.29, 1.82) is 0 Å². The molecule has 0 N–H and O–H groups in total. The number of hydrogen-bond donors (Lipinski definition) is 0. The van der Waals surface area contributed by atoms with Gasteiger partial charge < -0.3 is 0 Å². The van der Waals surface area contributed by atoms with Crippen LogP contribution in [-0.4, -0.2) is 17.6 Å². The van der Waals surface area contributed by atoms with E-state index in [-0.39, 0.29) is 6.10 Å². The molecular weight excluding hydrogens is 342 g/mol. The van der Waals surface area contributed by atoms with E-state index in [1.54, 1.807) is 0 Å². The van der Waals surface area contributed by atoms with Crippen molar-refractivity contribution < 1.29 is 4.84 Å². The van der Waals surface area contributed by atoms with E-state index in [4.69, 9.17) is 4.84 Å². The molecule has 2 atom stereocenters. The molecule has 2 nitrogen and oxygen atoms in total. The van der Waals surface area contributed by atoms with Crippen LogP contribution in [0.5, 0.6) is 0 Å². The molecule has 0 bridgehead atoms. The number of hydrogen-bond acceptors (Lipinski definition) is 2.